The molecule has 0 saturated carbocycles. The summed E-state index contributed by atoms with van der Waals surface area (Å²) in [5.41, 5.74) is 9.12. The van der Waals surface area contributed by atoms with Gasteiger partial charge in [-0.25, -0.2) is 4.57 Å². The summed E-state index contributed by atoms with van der Waals surface area (Å²) in [6, 6.07) is 17.3. The third-order valence-electron chi connectivity index (χ3n) is 7.23. The summed E-state index contributed by atoms with van der Waals surface area (Å²) in [4.78, 5) is 4.73. The molecule has 2 aliphatic heterocycles. The van der Waals surface area contributed by atoms with Crippen molar-refractivity contribution < 1.29 is 23.2 Å². The highest BCUT2D eigenvalue weighted by molar-refractivity contribution is 9.08. The maximum absolute atomic E-state index is 5.86. The van der Waals surface area contributed by atoms with Crippen LogP contribution in [-0.4, -0.2) is 46.9 Å². The topological polar surface area (TPSA) is 53.2 Å². The molecular formula is C33H37B2Br2N2O4+. The third kappa shape index (κ3) is 9.33. The van der Waals surface area contributed by atoms with Crippen LogP contribution in [0.25, 0.3) is 5.57 Å². The first kappa shape index (κ1) is 32.1. The molecule has 2 aliphatic rings. The third-order valence-corrected chi connectivity index (χ3v) is 8.52. The van der Waals surface area contributed by atoms with Gasteiger partial charge < -0.3 is 18.6 Å². The van der Waals surface area contributed by atoms with Gasteiger partial charge >= 0.3 is 14.2 Å². The van der Waals surface area contributed by atoms with Crippen LogP contribution in [0.15, 0.2) is 84.1 Å². The van der Waals surface area contributed by atoms with Crippen molar-refractivity contribution in [3.05, 3.63) is 107 Å². The van der Waals surface area contributed by atoms with Gasteiger partial charge in [-0.1, -0.05) is 74.3 Å². The molecule has 43 heavy (non-hydrogen) atoms. The first-order valence-electron chi connectivity index (χ1n) is 14.8. The number of nitrogens with zero attached hydrogens (tertiary/aromatic N) is 2. The average molecular weight is 707 g/mol. The van der Waals surface area contributed by atoms with Gasteiger partial charge in [0.15, 0.2) is 18.9 Å². The Labute approximate surface area is 272 Å². The highest BCUT2D eigenvalue weighted by Gasteiger charge is 2.26. The zero-order chi connectivity index (χ0) is 29.9. The van der Waals surface area contributed by atoms with Gasteiger partial charge in [-0.3, -0.25) is 4.99 Å². The Morgan fingerprint density at radius 3 is 1.88 bits per heavy atom. The van der Waals surface area contributed by atoms with Crippen LogP contribution in [-0.2, 0) is 42.4 Å². The van der Waals surface area contributed by atoms with E-state index in [1.165, 1.54) is 16.7 Å². The zero-order valence-corrected chi connectivity index (χ0v) is 27.8. The highest BCUT2D eigenvalue weighted by Crippen LogP contribution is 2.16. The van der Waals surface area contributed by atoms with Crippen LogP contribution < -0.4 is 15.5 Å². The standard InChI is InChI=1S/C33H37B2Br2N2O4/c1-2-5-30(6-9-38-24-28-16-26(22-36)18-32(20-28)34-40-12-3-13-41-34)31-7-10-39(11-8-31)25-29-17-27(23-37)19-33(21-29)35-42-14-4-15-43-35/h2,5-11,16-21H,3-4,12-15,22-25H2,1H3/q+1/b5-2-,30-6+,38-9+. The number of halogens is 2. The Balaban J connectivity index is 1.26. The first-order valence-corrected chi connectivity index (χ1v) is 17.1. The number of hydrogen-bond acceptors (Lipinski definition) is 5. The second-order valence-corrected chi connectivity index (χ2v) is 11.8. The largest absolute Gasteiger partial charge is 0.493 e. The van der Waals surface area contributed by atoms with Gasteiger partial charge in [-0.15, -0.1) is 0 Å². The molecular weight excluding hydrogens is 670 g/mol. The number of alkyl halides is 2. The van der Waals surface area contributed by atoms with Gasteiger partial charge in [0.25, 0.3) is 0 Å². The number of hydrogen-bond donors (Lipinski definition) is 0. The fourth-order valence-electron chi connectivity index (χ4n) is 5.24. The summed E-state index contributed by atoms with van der Waals surface area (Å²) in [7, 11) is -0.586. The minimum atomic E-state index is -0.298. The number of allylic oxidation sites excluding steroid dienone is 4. The molecule has 2 saturated heterocycles. The van der Waals surface area contributed by atoms with E-state index in [9.17, 15) is 0 Å². The predicted molar refractivity (Wildman–Crippen MR) is 183 cm³/mol. The van der Waals surface area contributed by atoms with Crippen molar-refractivity contribution in [3.8, 4) is 0 Å². The Morgan fingerprint density at radius 1 is 0.791 bits per heavy atom. The molecule has 5 rings (SSSR count). The Kier molecular flexibility index (Phi) is 12.4. The van der Waals surface area contributed by atoms with E-state index in [1.807, 2.05) is 13.1 Å². The van der Waals surface area contributed by atoms with Crippen LogP contribution in [0, 0.1) is 0 Å². The summed E-state index contributed by atoms with van der Waals surface area (Å²) in [5, 5.41) is 1.56. The lowest BCUT2D eigenvalue weighted by Crippen LogP contribution is -2.42. The summed E-state index contributed by atoms with van der Waals surface area (Å²) < 4.78 is 25.6. The van der Waals surface area contributed by atoms with E-state index in [2.05, 4.69) is 116 Å². The smallest absolute Gasteiger partial charge is 0.407 e. The molecule has 0 N–H and O–H groups in total. The summed E-state index contributed by atoms with van der Waals surface area (Å²) in [5.74, 6) is 0. The summed E-state index contributed by atoms with van der Waals surface area (Å²) >= 11 is 7.21. The van der Waals surface area contributed by atoms with Crippen molar-refractivity contribution in [1.29, 1.82) is 0 Å². The minimum Gasteiger partial charge on any atom is -0.407 e. The van der Waals surface area contributed by atoms with Crippen molar-refractivity contribution in [2.75, 3.05) is 26.4 Å². The van der Waals surface area contributed by atoms with Gasteiger partial charge in [-0.2, -0.15) is 0 Å². The van der Waals surface area contributed by atoms with Crippen LogP contribution >= 0.6 is 31.9 Å². The van der Waals surface area contributed by atoms with Crippen LogP contribution in [0.3, 0.4) is 0 Å². The minimum absolute atomic E-state index is 0.288. The molecule has 0 aliphatic carbocycles. The number of benzene rings is 2. The first-order chi connectivity index (χ1) is 21.1. The molecule has 0 radical (unpaired) electrons. The fourth-order valence-corrected chi connectivity index (χ4v) is 5.88. The SMILES string of the molecule is C\C=C/C(=C\C=N\Cc1cc(CBr)cc(B2OCCCO2)c1)c1cc[n+](Cc2cc(CBr)cc(B3OCCCO3)c2)cc1. The normalized spacial score (nSPS) is 16.5. The monoisotopic (exact) mass is 705 g/mol. The lowest BCUT2D eigenvalue weighted by molar-refractivity contribution is -0.688. The molecule has 6 nitrogen and oxygen atoms in total. The Morgan fingerprint density at radius 2 is 1.33 bits per heavy atom. The lowest BCUT2D eigenvalue weighted by Gasteiger charge is -2.20. The van der Waals surface area contributed by atoms with Gasteiger partial charge in [0, 0.05) is 61.0 Å². The van der Waals surface area contributed by atoms with E-state index in [0.29, 0.717) is 6.54 Å². The van der Waals surface area contributed by atoms with Gasteiger partial charge in [0.05, 0.1) is 6.54 Å². The number of rotatable bonds is 11. The molecule has 0 bridgehead atoms. The molecule has 0 amide bonds. The van der Waals surface area contributed by atoms with E-state index in [0.717, 1.165) is 84.1 Å². The van der Waals surface area contributed by atoms with Crippen LogP contribution in [0.1, 0.15) is 47.6 Å². The van der Waals surface area contributed by atoms with Crippen LogP contribution in [0.4, 0.5) is 0 Å². The maximum Gasteiger partial charge on any atom is 0.493 e. The summed E-state index contributed by atoms with van der Waals surface area (Å²) in [6.07, 6.45) is 14.3. The zero-order valence-electron chi connectivity index (χ0n) is 24.6. The molecule has 0 unspecified atom stereocenters. The maximum atomic E-state index is 5.86. The van der Waals surface area contributed by atoms with Crippen molar-refractivity contribution >= 4 is 68.8 Å². The fraction of sp³-hybridized carbons (Fsp3) is 0.333. The second-order valence-electron chi connectivity index (χ2n) is 10.7. The molecule has 10 heteroatoms. The Hall–Kier alpha value is -2.33. The van der Waals surface area contributed by atoms with Crippen molar-refractivity contribution in [1.82, 2.24) is 0 Å². The van der Waals surface area contributed by atoms with E-state index in [1.54, 1.807) is 0 Å². The van der Waals surface area contributed by atoms with Gasteiger partial charge in [-0.05, 0) is 70.7 Å². The number of aromatic nitrogens is 1. The molecule has 222 valence electrons. The molecule has 0 atom stereocenters. The molecule has 3 heterocycles. The lowest BCUT2D eigenvalue weighted by atomic mass is 9.76. The molecule has 0 spiro atoms. The highest BCUT2D eigenvalue weighted by atomic mass is 79.9. The molecule has 2 fully saturated rings. The van der Waals surface area contributed by atoms with Crippen molar-refractivity contribution in [3.63, 3.8) is 0 Å². The molecule has 1 aromatic heterocycles. The van der Waals surface area contributed by atoms with E-state index >= 15 is 0 Å². The number of aliphatic imine (C=N–C) groups is 1. The van der Waals surface area contributed by atoms with Crippen molar-refractivity contribution in [2.24, 2.45) is 4.99 Å². The van der Waals surface area contributed by atoms with Crippen LogP contribution in [0.5, 0.6) is 0 Å². The van der Waals surface area contributed by atoms with E-state index in [-0.39, 0.29) is 14.2 Å². The average Bonchev–Trinajstić information content (AvgIpc) is 3.07. The quantitative estimate of drug-likeness (QED) is 0.0893. The van der Waals surface area contributed by atoms with E-state index in [4.69, 9.17) is 23.6 Å². The van der Waals surface area contributed by atoms with Crippen LogP contribution in [0.2, 0.25) is 0 Å². The van der Waals surface area contributed by atoms with Crippen molar-refractivity contribution in [2.45, 2.75) is 43.5 Å². The predicted octanol–water partition coefficient (Wildman–Crippen LogP) is 5.31. The van der Waals surface area contributed by atoms with Gasteiger partial charge in [0.1, 0.15) is 0 Å². The molecule has 3 aromatic rings. The van der Waals surface area contributed by atoms with E-state index < -0.39 is 0 Å². The Bertz CT molecular complexity index is 1440. The second kappa shape index (κ2) is 16.7. The summed E-state index contributed by atoms with van der Waals surface area (Å²) in [6.45, 7) is 6.30. The number of pyridine rings is 1. The molecule has 2 aromatic carbocycles. The van der Waals surface area contributed by atoms with Gasteiger partial charge in [0.2, 0.25) is 0 Å².